The minimum Gasteiger partial charge on any atom is -0.480 e. The van der Waals surface area contributed by atoms with Gasteiger partial charge >= 0.3 is 0 Å². The Morgan fingerprint density at radius 3 is 2.67 bits per heavy atom. The van der Waals surface area contributed by atoms with E-state index in [1.165, 1.54) is 0 Å². The number of fused-ring (bicyclic) bond motifs is 1. The van der Waals surface area contributed by atoms with Gasteiger partial charge in [0.1, 0.15) is 17.4 Å². The van der Waals surface area contributed by atoms with Gasteiger partial charge in [0, 0.05) is 17.0 Å². The van der Waals surface area contributed by atoms with Crippen LogP contribution >= 0.6 is 11.6 Å². The average Bonchev–Trinajstić information content (AvgIpc) is 2.91. The number of halogens is 1. The molecule has 1 aliphatic heterocycles. The van der Waals surface area contributed by atoms with E-state index >= 15 is 0 Å². The Bertz CT molecular complexity index is 705. The first-order chi connectivity index (χ1) is 10.2. The first-order valence-corrected chi connectivity index (χ1v) is 7.54. The van der Waals surface area contributed by atoms with Crippen LogP contribution in [0, 0.1) is 11.3 Å². The van der Waals surface area contributed by atoms with Gasteiger partial charge in [0.2, 0.25) is 0 Å². The predicted octanol–water partition coefficient (Wildman–Crippen LogP) is 4.84. The summed E-state index contributed by atoms with van der Waals surface area (Å²) in [5.74, 6) is 0.655. The molecule has 0 radical (unpaired) electrons. The quantitative estimate of drug-likeness (QED) is 0.812. The maximum Gasteiger partial charge on any atom is 0.143 e. The van der Waals surface area contributed by atoms with E-state index in [1.54, 1.807) is 12.1 Å². The van der Waals surface area contributed by atoms with Crippen molar-refractivity contribution in [1.29, 1.82) is 5.26 Å². The van der Waals surface area contributed by atoms with Gasteiger partial charge in [0.25, 0.3) is 0 Å². The lowest BCUT2D eigenvalue weighted by Crippen LogP contribution is -2.31. The van der Waals surface area contributed by atoms with Gasteiger partial charge < -0.3 is 4.74 Å². The van der Waals surface area contributed by atoms with Gasteiger partial charge in [-0.25, -0.2) is 0 Å². The molecule has 0 saturated heterocycles. The first-order valence-electron chi connectivity index (χ1n) is 7.16. The molecule has 0 fully saturated rings. The molecule has 3 heteroatoms. The standard InChI is InChI=1S/C18H16ClNO/c1-2-10-18(14-6-4-3-5-7-14)11-15-16(19)9-8-13(12-20)17(15)21-18/h3-9H,2,10-11H2,1H3. The zero-order valence-electron chi connectivity index (χ0n) is 11.9. The maximum atomic E-state index is 9.29. The fourth-order valence-electron chi connectivity index (χ4n) is 3.08. The van der Waals surface area contributed by atoms with E-state index in [2.05, 4.69) is 25.1 Å². The second kappa shape index (κ2) is 5.42. The number of ether oxygens (including phenoxy) is 1. The first kappa shape index (κ1) is 14.0. The van der Waals surface area contributed by atoms with Crippen molar-refractivity contribution in [2.45, 2.75) is 31.8 Å². The van der Waals surface area contributed by atoms with E-state index in [4.69, 9.17) is 16.3 Å². The Balaban J connectivity index is 2.12. The summed E-state index contributed by atoms with van der Waals surface area (Å²) in [7, 11) is 0. The van der Waals surface area contributed by atoms with E-state index in [0.717, 1.165) is 24.0 Å². The molecule has 0 bridgehead atoms. The predicted molar refractivity (Wildman–Crippen MR) is 83.5 cm³/mol. The van der Waals surface area contributed by atoms with Crippen LogP contribution in [0.4, 0.5) is 0 Å². The Hall–Kier alpha value is -1.98. The monoisotopic (exact) mass is 297 g/mol. The minimum atomic E-state index is -0.408. The number of rotatable bonds is 3. The van der Waals surface area contributed by atoms with E-state index in [0.29, 0.717) is 22.8 Å². The zero-order chi connectivity index (χ0) is 14.9. The third-order valence-electron chi connectivity index (χ3n) is 4.04. The lowest BCUT2D eigenvalue weighted by molar-refractivity contribution is 0.0813. The van der Waals surface area contributed by atoms with Crippen molar-refractivity contribution in [3.63, 3.8) is 0 Å². The van der Waals surface area contributed by atoms with Crippen molar-refractivity contribution in [3.05, 3.63) is 64.2 Å². The average molecular weight is 298 g/mol. The van der Waals surface area contributed by atoms with Crippen molar-refractivity contribution >= 4 is 11.6 Å². The molecule has 0 saturated carbocycles. The third kappa shape index (κ3) is 2.28. The molecule has 1 unspecified atom stereocenters. The van der Waals surface area contributed by atoms with Gasteiger partial charge in [-0.2, -0.15) is 5.26 Å². The van der Waals surface area contributed by atoms with Gasteiger partial charge in [-0.05, 0) is 24.1 Å². The normalized spacial score (nSPS) is 19.7. The van der Waals surface area contributed by atoms with Gasteiger partial charge in [0.15, 0.2) is 0 Å². The fourth-order valence-corrected chi connectivity index (χ4v) is 3.30. The molecule has 0 N–H and O–H groups in total. The summed E-state index contributed by atoms with van der Waals surface area (Å²) in [6.07, 6.45) is 2.61. The summed E-state index contributed by atoms with van der Waals surface area (Å²) >= 11 is 6.32. The van der Waals surface area contributed by atoms with Crippen LogP contribution in [-0.4, -0.2) is 0 Å². The molecule has 2 nitrogen and oxygen atoms in total. The summed E-state index contributed by atoms with van der Waals surface area (Å²) in [6, 6.07) is 15.9. The Morgan fingerprint density at radius 1 is 1.24 bits per heavy atom. The lowest BCUT2D eigenvalue weighted by atomic mass is 9.85. The Kier molecular flexibility index (Phi) is 3.61. The highest BCUT2D eigenvalue weighted by atomic mass is 35.5. The van der Waals surface area contributed by atoms with Crippen LogP contribution in [0.5, 0.6) is 5.75 Å². The molecule has 0 amide bonds. The van der Waals surface area contributed by atoms with E-state index < -0.39 is 5.60 Å². The molecule has 2 aromatic carbocycles. The van der Waals surface area contributed by atoms with Crippen LogP contribution < -0.4 is 4.74 Å². The number of hydrogen-bond donors (Lipinski definition) is 0. The van der Waals surface area contributed by atoms with Crippen LogP contribution in [0.3, 0.4) is 0 Å². The molecule has 1 atom stereocenters. The Labute approximate surface area is 129 Å². The van der Waals surface area contributed by atoms with E-state index in [9.17, 15) is 5.26 Å². The highest BCUT2D eigenvalue weighted by Gasteiger charge is 2.42. The van der Waals surface area contributed by atoms with E-state index in [1.807, 2.05) is 18.2 Å². The summed E-state index contributed by atoms with van der Waals surface area (Å²) < 4.78 is 6.32. The molecule has 0 spiro atoms. The highest BCUT2D eigenvalue weighted by molar-refractivity contribution is 6.31. The van der Waals surface area contributed by atoms with Crippen LogP contribution in [0.15, 0.2) is 42.5 Å². The van der Waals surface area contributed by atoms with Crippen molar-refractivity contribution in [2.24, 2.45) is 0 Å². The van der Waals surface area contributed by atoms with Gasteiger partial charge in [-0.3, -0.25) is 0 Å². The molecule has 2 aromatic rings. The molecular formula is C18H16ClNO. The second-order valence-electron chi connectivity index (χ2n) is 5.40. The molecule has 0 aliphatic carbocycles. The highest BCUT2D eigenvalue weighted by Crippen LogP contribution is 2.48. The second-order valence-corrected chi connectivity index (χ2v) is 5.81. The fraction of sp³-hybridized carbons (Fsp3) is 0.278. The van der Waals surface area contributed by atoms with Crippen LogP contribution in [0.1, 0.15) is 36.5 Å². The largest absolute Gasteiger partial charge is 0.480 e. The van der Waals surface area contributed by atoms with Crippen molar-refractivity contribution < 1.29 is 4.74 Å². The zero-order valence-corrected chi connectivity index (χ0v) is 12.7. The summed E-state index contributed by atoms with van der Waals surface area (Å²) in [5.41, 5.74) is 2.24. The summed E-state index contributed by atoms with van der Waals surface area (Å²) in [6.45, 7) is 2.14. The molecular weight excluding hydrogens is 282 g/mol. The number of nitrogens with zero attached hydrogens (tertiary/aromatic N) is 1. The topological polar surface area (TPSA) is 33.0 Å². The van der Waals surface area contributed by atoms with Crippen molar-refractivity contribution in [3.8, 4) is 11.8 Å². The lowest BCUT2D eigenvalue weighted by Gasteiger charge is -2.29. The van der Waals surface area contributed by atoms with Crippen LogP contribution in [0.25, 0.3) is 0 Å². The van der Waals surface area contributed by atoms with Crippen LogP contribution in [-0.2, 0) is 12.0 Å². The SMILES string of the molecule is CCCC1(c2ccccc2)Cc2c(Cl)ccc(C#N)c2O1. The van der Waals surface area contributed by atoms with Gasteiger partial charge in [-0.15, -0.1) is 0 Å². The number of benzene rings is 2. The van der Waals surface area contributed by atoms with Gasteiger partial charge in [0.05, 0.1) is 5.56 Å². The smallest absolute Gasteiger partial charge is 0.143 e. The van der Waals surface area contributed by atoms with E-state index in [-0.39, 0.29) is 0 Å². The molecule has 21 heavy (non-hydrogen) atoms. The molecule has 1 aliphatic rings. The van der Waals surface area contributed by atoms with Crippen molar-refractivity contribution in [2.75, 3.05) is 0 Å². The molecule has 1 heterocycles. The summed E-state index contributed by atoms with van der Waals surface area (Å²) in [5, 5.41) is 9.97. The summed E-state index contributed by atoms with van der Waals surface area (Å²) in [4.78, 5) is 0. The molecule has 3 rings (SSSR count). The van der Waals surface area contributed by atoms with Crippen LogP contribution in [0.2, 0.25) is 5.02 Å². The Morgan fingerprint density at radius 2 is 2.00 bits per heavy atom. The molecule has 106 valence electrons. The number of hydrogen-bond acceptors (Lipinski definition) is 2. The molecule has 0 aromatic heterocycles. The minimum absolute atomic E-state index is 0.408. The van der Waals surface area contributed by atoms with Gasteiger partial charge in [-0.1, -0.05) is 55.3 Å². The number of nitriles is 1. The van der Waals surface area contributed by atoms with Crippen molar-refractivity contribution in [1.82, 2.24) is 0 Å². The maximum absolute atomic E-state index is 9.29. The third-order valence-corrected chi connectivity index (χ3v) is 4.39.